The zero-order valence-electron chi connectivity index (χ0n) is 8.26. The van der Waals surface area contributed by atoms with Crippen LogP contribution in [0, 0.1) is 11.6 Å². The normalized spacial score (nSPS) is 10.6. The van der Waals surface area contributed by atoms with Gasteiger partial charge in [-0.05, 0) is 26.2 Å². The lowest BCUT2D eigenvalue weighted by Crippen LogP contribution is -2.19. The van der Waals surface area contributed by atoms with Crippen LogP contribution in [0.5, 0.6) is 5.75 Å². The van der Waals surface area contributed by atoms with Crippen LogP contribution in [0.2, 0.25) is 0 Å². The van der Waals surface area contributed by atoms with Gasteiger partial charge in [0.1, 0.15) is 6.61 Å². The summed E-state index contributed by atoms with van der Waals surface area (Å²) in [5.74, 6) is -1.84. The van der Waals surface area contributed by atoms with Gasteiger partial charge >= 0.3 is 0 Å². The SMILES string of the molecule is CN(C)CCOc1cccc(F)c1F. The lowest BCUT2D eigenvalue weighted by atomic mass is 10.3. The summed E-state index contributed by atoms with van der Waals surface area (Å²) in [5, 5.41) is 0. The Kier molecular flexibility index (Phi) is 3.83. The van der Waals surface area contributed by atoms with Crippen molar-refractivity contribution in [2.75, 3.05) is 27.2 Å². The number of hydrogen-bond acceptors (Lipinski definition) is 2. The summed E-state index contributed by atoms with van der Waals surface area (Å²) in [4.78, 5) is 1.90. The van der Waals surface area contributed by atoms with E-state index in [0.717, 1.165) is 6.07 Å². The van der Waals surface area contributed by atoms with Crippen LogP contribution in [0.3, 0.4) is 0 Å². The average Bonchev–Trinajstić information content (AvgIpc) is 2.12. The summed E-state index contributed by atoms with van der Waals surface area (Å²) in [6, 6.07) is 3.89. The molecule has 0 saturated carbocycles. The van der Waals surface area contributed by atoms with E-state index in [-0.39, 0.29) is 5.75 Å². The van der Waals surface area contributed by atoms with Crippen LogP contribution >= 0.6 is 0 Å². The zero-order valence-corrected chi connectivity index (χ0v) is 8.26. The Bertz CT molecular complexity index is 302. The topological polar surface area (TPSA) is 12.5 Å². The maximum Gasteiger partial charge on any atom is 0.200 e. The molecule has 0 spiro atoms. The number of hydrogen-bond donors (Lipinski definition) is 0. The van der Waals surface area contributed by atoms with E-state index in [1.54, 1.807) is 0 Å². The van der Waals surface area contributed by atoms with E-state index in [9.17, 15) is 8.78 Å². The Balaban J connectivity index is 2.54. The van der Waals surface area contributed by atoms with Gasteiger partial charge in [-0.15, -0.1) is 0 Å². The first-order chi connectivity index (χ1) is 6.61. The van der Waals surface area contributed by atoms with Crippen molar-refractivity contribution in [1.29, 1.82) is 0 Å². The first-order valence-corrected chi connectivity index (χ1v) is 4.33. The summed E-state index contributed by atoms with van der Waals surface area (Å²) in [5.41, 5.74) is 0. The van der Waals surface area contributed by atoms with Gasteiger partial charge in [0.25, 0.3) is 0 Å². The van der Waals surface area contributed by atoms with Gasteiger partial charge in [-0.1, -0.05) is 6.07 Å². The van der Waals surface area contributed by atoms with E-state index in [2.05, 4.69) is 0 Å². The van der Waals surface area contributed by atoms with Crippen LogP contribution in [-0.2, 0) is 0 Å². The number of ether oxygens (including phenoxy) is 1. The summed E-state index contributed by atoms with van der Waals surface area (Å²) in [6.45, 7) is 1.00. The van der Waals surface area contributed by atoms with E-state index < -0.39 is 11.6 Å². The molecule has 0 bridgehead atoms. The second-order valence-corrected chi connectivity index (χ2v) is 3.20. The zero-order chi connectivity index (χ0) is 10.6. The monoisotopic (exact) mass is 201 g/mol. The van der Waals surface area contributed by atoms with Gasteiger partial charge in [-0.25, -0.2) is 4.39 Å². The Hall–Kier alpha value is -1.16. The Morgan fingerprint density at radius 2 is 2.00 bits per heavy atom. The van der Waals surface area contributed by atoms with Crippen molar-refractivity contribution in [2.24, 2.45) is 0 Å². The van der Waals surface area contributed by atoms with Gasteiger partial charge in [0.2, 0.25) is 5.82 Å². The summed E-state index contributed by atoms with van der Waals surface area (Å²) < 4.78 is 30.8. The lowest BCUT2D eigenvalue weighted by molar-refractivity contribution is 0.249. The fraction of sp³-hybridized carbons (Fsp3) is 0.400. The standard InChI is InChI=1S/C10H13F2NO/c1-13(2)6-7-14-9-5-3-4-8(11)10(9)12/h3-5H,6-7H2,1-2H3. The number of nitrogens with zero attached hydrogens (tertiary/aromatic N) is 1. The van der Waals surface area contributed by atoms with Crippen LogP contribution < -0.4 is 4.74 Å². The molecule has 0 saturated heterocycles. The highest BCUT2D eigenvalue weighted by atomic mass is 19.2. The lowest BCUT2D eigenvalue weighted by Gasteiger charge is -2.11. The molecule has 0 unspecified atom stereocenters. The molecule has 78 valence electrons. The smallest absolute Gasteiger partial charge is 0.200 e. The summed E-state index contributed by atoms with van der Waals surface area (Å²) >= 11 is 0. The highest BCUT2D eigenvalue weighted by Crippen LogP contribution is 2.18. The van der Waals surface area contributed by atoms with E-state index in [1.807, 2.05) is 19.0 Å². The molecule has 1 rings (SSSR count). The third-order valence-corrected chi connectivity index (χ3v) is 1.71. The third-order valence-electron chi connectivity index (χ3n) is 1.71. The summed E-state index contributed by atoms with van der Waals surface area (Å²) in [6.07, 6.45) is 0. The number of benzene rings is 1. The molecule has 0 aliphatic carbocycles. The average molecular weight is 201 g/mol. The van der Waals surface area contributed by atoms with Crippen LogP contribution in [0.1, 0.15) is 0 Å². The minimum Gasteiger partial charge on any atom is -0.489 e. The Labute approximate surface area is 82.1 Å². The van der Waals surface area contributed by atoms with Crippen molar-refractivity contribution in [3.63, 3.8) is 0 Å². The molecule has 0 radical (unpaired) electrons. The molecule has 2 nitrogen and oxygen atoms in total. The van der Waals surface area contributed by atoms with E-state index in [4.69, 9.17) is 4.74 Å². The largest absolute Gasteiger partial charge is 0.489 e. The molecular formula is C10H13F2NO. The van der Waals surface area contributed by atoms with Crippen molar-refractivity contribution < 1.29 is 13.5 Å². The molecule has 0 aliphatic heterocycles. The van der Waals surface area contributed by atoms with Crippen LogP contribution in [0.15, 0.2) is 18.2 Å². The van der Waals surface area contributed by atoms with Crippen LogP contribution in [0.25, 0.3) is 0 Å². The number of halogens is 2. The molecule has 0 amide bonds. The minimum absolute atomic E-state index is 0.0353. The molecule has 1 aromatic carbocycles. The fourth-order valence-corrected chi connectivity index (χ4v) is 0.934. The number of likely N-dealkylation sites (N-methyl/N-ethyl adjacent to an activating group) is 1. The van der Waals surface area contributed by atoms with Crippen LogP contribution in [-0.4, -0.2) is 32.1 Å². The maximum absolute atomic E-state index is 13.0. The quantitative estimate of drug-likeness (QED) is 0.737. The van der Waals surface area contributed by atoms with Crippen LogP contribution in [0.4, 0.5) is 8.78 Å². The Morgan fingerprint density at radius 3 is 2.64 bits per heavy atom. The van der Waals surface area contributed by atoms with Crippen molar-refractivity contribution >= 4 is 0 Å². The van der Waals surface area contributed by atoms with Gasteiger partial charge in [0.15, 0.2) is 11.6 Å². The molecule has 0 aromatic heterocycles. The van der Waals surface area contributed by atoms with E-state index in [1.165, 1.54) is 12.1 Å². The molecule has 0 N–H and O–H groups in total. The van der Waals surface area contributed by atoms with E-state index >= 15 is 0 Å². The highest BCUT2D eigenvalue weighted by Gasteiger charge is 2.07. The van der Waals surface area contributed by atoms with Gasteiger partial charge in [0.05, 0.1) is 0 Å². The second-order valence-electron chi connectivity index (χ2n) is 3.20. The maximum atomic E-state index is 13.0. The molecule has 14 heavy (non-hydrogen) atoms. The first-order valence-electron chi connectivity index (χ1n) is 4.33. The molecule has 4 heteroatoms. The Morgan fingerprint density at radius 1 is 1.29 bits per heavy atom. The van der Waals surface area contributed by atoms with Gasteiger partial charge in [0, 0.05) is 6.54 Å². The molecule has 0 fully saturated rings. The fourth-order valence-electron chi connectivity index (χ4n) is 0.934. The van der Waals surface area contributed by atoms with Crippen molar-refractivity contribution in [3.05, 3.63) is 29.8 Å². The van der Waals surface area contributed by atoms with Crippen molar-refractivity contribution in [2.45, 2.75) is 0 Å². The van der Waals surface area contributed by atoms with Gasteiger partial charge in [-0.2, -0.15) is 4.39 Å². The van der Waals surface area contributed by atoms with Crippen molar-refractivity contribution in [1.82, 2.24) is 4.90 Å². The highest BCUT2D eigenvalue weighted by molar-refractivity contribution is 5.24. The van der Waals surface area contributed by atoms with Crippen molar-refractivity contribution in [3.8, 4) is 5.75 Å². The summed E-state index contributed by atoms with van der Waals surface area (Å²) in [7, 11) is 3.76. The minimum atomic E-state index is -0.925. The van der Waals surface area contributed by atoms with Gasteiger partial charge in [-0.3, -0.25) is 0 Å². The molecule has 0 atom stereocenters. The second kappa shape index (κ2) is 4.91. The predicted octanol–water partition coefficient (Wildman–Crippen LogP) is 1.91. The van der Waals surface area contributed by atoms with Gasteiger partial charge < -0.3 is 9.64 Å². The molecule has 0 aliphatic rings. The molecule has 1 aromatic rings. The predicted molar refractivity (Wildman–Crippen MR) is 50.4 cm³/mol. The van der Waals surface area contributed by atoms with E-state index in [0.29, 0.717) is 13.2 Å². The third kappa shape index (κ3) is 2.96. The molecule has 0 heterocycles. The molecular weight excluding hydrogens is 188 g/mol. The first kappa shape index (κ1) is 10.9. The number of rotatable bonds is 4.